The van der Waals surface area contributed by atoms with Gasteiger partial charge in [0.05, 0.1) is 4.92 Å². The van der Waals surface area contributed by atoms with Crippen molar-refractivity contribution in [2.24, 2.45) is 0 Å². The molecule has 1 aromatic carbocycles. The summed E-state index contributed by atoms with van der Waals surface area (Å²) in [6.45, 7) is 0. The highest BCUT2D eigenvalue weighted by atomic mass is 32.1. The average Bonchev–Trinajstić information content (AvgIpc) is 2.04. The molecule has 0 amide bonds. The van der Waals surface area contributed by atoms with E-state index in [9.17, 15) is 10.1 Å². The smallest absolute Gasteiger partial charge is 0.264 e. The van der Waals surface area contributed by atoms with E-state index in [0.717, 1.165) is 11.9 Å². The molecular formula is C8H8N2O2S. The molecule has 0 aliphatic carbocycles. The predicted molar refractivity (Wildman–Crippen MR) is 54.1 cm³/mol. The van der Waals surface area contributed by atoms with Crippen molar-refractivity contribution >= 4 is 18.3 Å². The highest BCUT2D eigenvalue weighted by molar-refractivity contribution is 7.84. The van der Waals surface area contributed by atoms with Gasteiger partial charge in [0.25, 0.3) is 6.20 Å². The molecule has 0 saturated carbocycles. The zero-order valence-electron chi connectivity index (χ0n) is 6.68. The maximum Gasteiger partial charge on any atom is 0.264 e. The third kappa shape index (κ3) is 3.62. The van der Waals surface area contributed by atoms with Gasteiger partial charge in [0.15, 0.2) is 0 Å². The molecule has 0 spiro atoms. The number of nitro groups is 1. The molecule has 13 heavy (non-hydrogen) atoms. The highest BCUT2D eigenvalue weighted by Crippen LogP contribution is 2.10. The molecule has 0 unspecified atom stereocenters. The Morgan fingerprint density at radius 3 is 2.62 bits per heavy atom. The van der Waals surface area contributed by atoms with Gasteiger partial charge in [-0.2, -0.15) is 0 Å². The van der Waals surface area contributed by atoms with Crippen molar-refractivity contribution in [3.8, 4) is 0 Å². The van der Waals surface area contributed by atoms with E-state index < -0.39 is 4.92 Å². The quantitative estimate of drug-likeness (QED) is 0.442. The molecule has 0 aliphatic heterocycles. The van der Waals surface area contributed by atoms with Gasteiger partial charge in [-0.3, -0.25) is 10.1 Å². The summed E-state index contributed by atoms with van der Waals surface area (Å²) >= 11 is 3.89. The van der Waals surface area contributed by atoms with Crippen molar-refractivity contribution < 1.29 is 4.92 Å². The molecule has 0 fully saturated rings. The fourth-order valence-corrected chi connectivity index (χ4v) is 1.02. The molecule has 68 valence electrons. The molecule has 1 aromatic rings. The molecule has 0 aromatic heterocycles. The number of rotatable bonds is 3. The van der Waals surface area contributed by atoms with E-state index in [-0.39, 0.29) is 5.03 Å². The highest BCUT2D eigenvalue weighted by Gasteiger charge is 1.96. The molecule has 0 saturated heterocycles. The van der Waals surface area contributed by atoms with Crippen LogP contribution in [-0.4, -0.2) is 4.92 Å². The number of nitrogens with zero attached hydrogens (tertiary/aromatic N) is 1. The summed E-state index contributed by atoms with van der Waals surface area (Å²) in [5.74, 6) is 0. The zero-order chi connectivity index (χ0) is 9.68. The van der Waals surface area contributed by atoms with E-state index in [4.69, 9.17) is 0 Å². The number of thiol groups is 1. The first-order valence-corrected chi connectivity index (χ1v) is 3.99. The summed E-state index contributed by atoms with van der Waals surface area (Å²) in [5.41, 5.74) is 0.769. The van der Waals surface area contributed by atoms with E-state index in [2.05, 4.69) is 17.9 Å². The molecule has 0 aliphatic rings. The second kappa shape index (κ2) is 4.51. The van der Waals surface area contributed by atoms with E-state index in [1.807, 2.05) is 18.2 Å². The van der Waals surface area contributed by atoms with Crippen LogP contribution in [-0.2, 0) is 0 Å². The van der Waals surface area contributed by atoms with Crippen molar-refractivity contribution in [1.82, 2.24) is 0 Å². The minimum atomic E-state index is -0.557. The molecule has 0 heterocycles. The number of nitrogens with one attached hydrogen (secondary N) is 1. The van der Waals surface area contributed by atoms with Crippen LogP contribution < -0.4 is 5.32 Å². The Hall–Kier alpha value is -1.49. The van der Waals surface area contributed by atoms with E-state index in [0.29, 0.717) is 0 Å². The van der Waals surface area contributed by atoms with Gasteiger partial charge in [-0.05, 0) is 12.1 Å². The first-order valence-electron chi connectivity index (χ1n) is 3.55. The third-order valence-electron chi connectivity index (χ3n) is 1.27. The van der Waals surface area contributed by atoms with Crippen molar-refractivity contribution in [2.75, 3.05) is 5.32 Å². The van der Waals surface area contributed by atoms with Crippen LogP contribution >= 0.6 is 12.6 Å². The minimum Gasteiger partial charge on any atom is -0.345 e. The van der Waals surface area contributed by atoms with Crippen LogP contribution in [0.3, 0.4) is 0 Å². The second-order valence-electron chi connectivity index (χ2n) is 2.29. The van der Waals surface area contributed by atoms with Crippen LogP contribution in [0, 0.1) is 10.1 Å². The normalized spacial score (nSPS) is 11.0. The minimum absolute atomic E-state index is 0.205. The lowest BCUT2D eigenvalue weighted by atomic mass is 10.3. The summed E-state index contributed by atoms with van der Waals surface area (Å²) in [5, 5.41) is 13.0. The van der Waals surface area contributed by atoms with Gasteiger partial charge in [-0.15, -0.1) is 12.6 Å². The maximum atomic E-state index is 10.0. The first-order chi connectivity index (χ1) is 6.18. The summed E-state index contributed by atoms with van der Waals surface area (Å²) in [6, 6.07) is 9.11. The van der Waals surface area contributed by atoms with Crippen molar-refractivity contribution in [3.05, 3.63) is 51.7 Å². The van der Waals surface area contributed by atoms with Crippen LogP contribution in [0.4, 0.5) is 5.69 Å². The maximum absolute atomic E-state index is 10.0. The topological polar surface area (TPSA) is 55.2 Å². The van der Waals surface area contributed by atoms with Gasteiger partial charge >= 0.3 is 0 Å². The Kier molecular flexibility index (Phi) is 3.33. The Bertz CT molecular complexity index is 324. The summed E-state index contributed by atoms with van der Waals surface area (Å²) in [7, 11) is 0. The molecule has 1 rings (SSSR count). The molecule has 5 heteroatoms. The average molecular weight is 196 g/mol. The Morgan fingerprint density at radius 2 is 2.08 bits per heavy atom. The number of para-hydroxylation sites is 1. The predicted octanol–water partition coefficient (Wildman–Crippen LogP) is 2.10. The fourth-order valence-electron chi connectivity index (χ4n) is 0.801. The number of hydrogen-bond donors (Lipinski definition) is 2. The van der Waals surface area contributed by atoms with Crippen LogP contribution in [0.2, 0.25) is 0 Å². The lowest BCUT2D eigenvalue weighted by molar-refractivity contribution is -0.402. The SMILES string of the molecule is O=[N+]([O-])/C=C(\S)Nc1ccccc1. The van der Waals surface area contributed by atoms with E-state index >= 15 is 0 Å². The molecular weight excluding hydrogens is 188 g/mol. The molecule has 4 nitrogen and oxygen atoms in total. The largest absolute Gasteiger partial charge is 0.345 e. The summed E-state index contributed by atoms with van der Waals surface area (Å²) in [4.78, 5) is 9.48. The van der Waals surface area contributed by atoms with Crippen LogP contribution in [0.1, 0.15) is 0 Å². The Balaban J connectivity index is 2.65. The van der Waals surface area contributed by atoms with Crippen LogP contribution in [0.15, 0.2) is 41.6 Å². The molecule has 1 N–H and O–H groups in total. The summed E-state index contributed by atoms with van der Waals surface area (Å²) < 4.78 is 0. The lowest BCUT2D eigenvalue weighted by Gasteiger charge is -2.01. The third-order valence-corrected chi connectivity index (χ3v) is 1.50. The van der Waals surface area contributed by atoms with Crippen molar-refractivity contribution in [2.45, 2.75) is 0 Å². The van der Waals surface area contributed by atoms with Crippen LogP contribution in [0.25, 0.3) is 0 Å². The second-order valence-corrected chi connectivity index (χ2v) is 2.77. The lowest BCUT2D eigenvalue weighted by Crippen LogP contribution is -1.96. The number of benzene rings is 1. The molecule has 0 radical (unpaired) electrons. The van der Waals surface area contributed by atoms with Gasteiger partial charge < -0.3 is 5.32 Å². The van der Waals surface area contributed by atoms with Gasteiger partial charge in [0.2, 0.25) is 0 Å². The number of hydrogen-bond acceptors (Lipinski definition) is 4. The molecule has 0 atom stereocenters. The van der Waals surface area contributed by atoms with Crippen LogP contribution in [0.5, 0.6) is 0 Å². The summed E-state index contributed by atoms with van der Waals surface area (Å²) in [6.07, 6.45) is 0.802. The fraction of sp³-hybridized carbons (Fsp3) is 0. The van der Waals surface area contributed by atoms with Gasteiger partial charge in [-0.25, -0.2) is 0 Å². The molecule has 0 bridgehead atoms. The Labute approximate surface area is 80.8 Å². The first kappa shape index (κ1) is 9.60. The van der Waals surface area contributed by atoms with Gasteiger partial charge in [-0.1, -0.05) is 18.2 Å². The van der Waals surface area contributed by atoms with Gasteiger partial charge in [0.1, 0.15) is 5.03 Å². The van der Waals surface area contributed by atoms with Crippen molar-refractivity contribution in [3.63, 3.8) is 0 Å². The van der Waals surface area contributed by atoms with Gasteiger partial charge in [0, 0.05) is 5.69 Å². The number of anilines is 1. The Morgan fingerprint density at radius 1 is 1.46 bits per heavy atom. The van der Waals surface area contributed by atoms with Crippen molar-refractivity contribution in [1.29, 1.82) is 0 Å². The van der Waals surface area contributed by atoms with E-state index in [1.165, 1.54) is 0 Å². The van der Waals surface area contributed by atoms with E-state index in [1.54, 1.807) is 12.1 Å². The zero-order valence-corrected chi connectivity index (χ0v) is 7.57. The monoisotopic (exact) mass is 196 g/mol. The standard InChI is InChI=1S/C8H8N2O2S/c11-10(12)6-8(13)9-7-4-2-1-3-5-7/h1-6,9,13H/b8-6-.